The van der Waals surface area contributed by atoms with Gasteiger partial charge in [0.05, 0.1) is 10.6 Å². The molecular weight excluding hydrogens is 588 g/mol. The highest BCUT2D eigenvalue weighted by atomic mass is 35.5. The van der Waals surface area contributed by atoms with Gasteiger partial charge in [-0.05, 0) is 48.5 Å². The van der Waals surface area contributed by atoms with Crippen LogP contribution in [0.2, 0.25) is 5.02 Å². The van der Waals surface area contributed by atoms with E-state index in [-0.39, 0.29) is 39.2 Å². The molecule has 0 radical (unpaired) electrons. The summed E-state index contributed by atoms with van der Waals surface area (Å²) in [7, 11) is 1.79. The lowest BCUT2D eigenvalue weighted by molar-refractivity contribution is 0.0697. The number of carbonyl (C=O) groups is 1. The van der Waals surface area contributed by atoms with Crippen LogP contribution < -0.4 is 19.9 Å². The first-order valence-corrected chi connectivity index (χ1v) is 12.6. The summed E-state index contributed by atoms with van der Waals surface area (Å²) in [6.07, 6.45) is 3.34. The molecule has 5 N–H and O–H groups in total. The Kier molecular flexibility index (Phi) is 7.82. The van der Waals surface area contributed by atoms with Gasteiger partial charge in [0, 0.05) is 30.6 Å². The Balaban J connectivity index is 1.60. The quantitative estimate of drug-likeness (QED) is 0.108. The molecule has 43 heavy (non-hydrogen) atoms. The molecule has 5 aromatic rings. The SMILES string of the molecule is Cn1ccnc1-c1cccc(Oc2nc(Oc3cc(C(=N)N)ccc3O)c(F)c(Oc3ccc(C(=O)O)cc3Cl)c2F)c1. The van der Waals surface area contributed by atoms with Gasteiger partial charge in [0.15, 0.2) is 11.5 Å². The van der Waals surface area contributed by atoms with Gasteiger partial charge in [0.2, 0.25) is 17.4 Å². The Morgan fingerprint density at radius 2 is 1.70 bits per heavy atom. The van der Waals surface area contributed by atoms with Crippen molar-refractivity contribution in [1.82, 2.24) is 14.5 Å². The van der Waals surface area contributed by atoms with Crippen molar-refractivity contribution in [2.45, 2.75) is 0 Å². The number of carboxylic acids is 1. The monoisotopic (exact) mass is 607 g/mol. The number of nitrogens with zero attached hydrogens (tertiary/aromatic N) is 3. The van der Waals surface area contributed by atoms with E-state index in [4.69, 9.17) is 37.0 Å². The topological polar surface area (TPSA) is 166 Å². The van der Waals surface area contributed by atoms with E-state index >= 15 is 8.78 Å². The number of benzene rings is 3. The van der Waals surface area contributed by atoms with Crippen molar-refractivity contribution in [1.29, 1.82) is 5.41 Å². The number of aromatic nitrogens is 3. The maximum atomic E-state index is 15.8. The molecule has 0 saturated carbocycles. The van der Waals surface area contributed by atoms with Gasteiger partial charge in [-0.15, -0.1) is 0 Å². The number of carboxylic acid groups (broad SMARTS) is 1. The number of pyridine rings is 1. The predicted molar refractivity (Wildman–Crippen MR) is 151 cm³/mol. The number of phenolic OH excluding ortho intramolecular Hbond substituents is 1. The zero-order valence-electron chi connectivity index (χ0n) is 22.0. The number of nitrogen functional groups attached to an aromatic ring is 1. The Hall–Kier alpha value is -5.69. The van der Waals surface area contributed by atoms with Gasteiger partial charge in [-0.1, -0.05) is 23.7 Å². The molecule has 0 aliphatic carbocycles. The van der Waals surface area contributed by atoms with E-state index in [9.17, 15) is 15.0 Å². The number of nitrogens with one attached hydrogen (secondary N) is 1. The number of phenols is 1. The minimum atomic E-state index is -1.45. The molecule has 14 heteroatoms. The minimum absolute atomic E-state index is 0.0978. The highest BCUT2D eigenvalue weighted by Crippen LogP contribution is 2.42. The molecule has 0 saturated heterocycles. The summed E-state index contributed by atoms with van der Waals surface area (Å²) < 4.78 is 49.9. The normalized spacial score (nSPS) is 10.8. The second-order valence-electron chi connectivity index (χ2n) is 8.92. The maximum absolute atomic E-state index is 15.8. The Morgan fingerprint density at radius 1 is 0.977 bits per heavy atom. The number of aromatic carboxylic acids is 1. The third-order valence-electron chi connectivity index (χ3n) is 5.97. The zero-order valence-corrected chi connectivity index (χ0v) is 22.8. The molecule has 0 unspecified atom stereocenters. The van der Waals surface area contributed by atoms with Gasteiger partial charge in [0.1, 0.15) is 23.2 Å². The first kappa shape index (κ1) is 28.8. The summed E-state index contributed by atoms with van der Waals surface area (Å²) >= 11 is 6.13. The highest BCUT2D eigenvalue weighted by molar-refractivity contribution is 6.32. The van der Waals surface area contributed by atoms with Crippen LogP contribution in [0.4, 0.5) is 8.78 Å². The fourth-order valence-corrected chi connectivity index (χ4v) is 4.07. The number of imidazole rings is 1. The van der Waals surface area contributed by atoms with E-state index in [0.29, 0.717) is 11.4 Å². The summed E-state index contributed by atoms with van der Waals surface area (Å²) in [5, 5.41) is 26.8. The van der Waals surface area contributed by atoms with Crippen LogP contribution >= 0.6 is 11.6 Å². The van der Waals surface area contributed by atoms with Gasteiger partial charge in [-0.2, -0.15) is 13.8 Å². The Morgan fingerprint density at radius 3 is 2.35 bits per heavy atom. The Labute approximate surface area is 246 Å². The van der Waals surface area contributed by atoms with E-state index < -0.39 is 40.9 Å². The second-order valence-corrected chi connectivity index (χ2v) is 9.33. The number of aryl methyl sites for hydroxylation is 1. The summed E-state index contributed by atoms with van der Waals surface area (Å²) in [6, 6.07) is 13.4. The number of nitrogens with two attached hydrogens (primary N) is 1. The average Bonchev–Trinajstić information content (AvgIpc) is 3.41. The average molecular weight is 608 g/mol. The fourth-order valence-electron chi connectivity index (χ4n) is 3.85. The van der Waals surface area contributed by atoms with Gasteiger partial charge >= 0.3 is 5.97 Å². The van der Waals surface area contributed by atoms with Crippen LogP contribution in [0.5, 0.6) is 40.5 Å². The van der Waals surface area contributed by atoms with Crippen molar-refractivity contribution >= 4 is 23.4 Å². The number of ether oxygens (including phenoxy) is 3. The fraction of sp³-hybridized carbons (Fsp3) is 0.0345. The molecular formula is C29H20ClF2N5O6. The van der Waals surface area contributed by atoms with Crippen LogP contribution in [-0.4, -0.2) is 36.6 Å². The number of amidine groups is 1. The number of aromatic hydroxyl groups is 1. The molecule has 0 aliphatic rings. The van der Waals surface area contributed by atoms with Gasteiger partial charge in [-0.25, -0.2) is 9.78 Å². The van der Waals surface area contributed by atoms with Crippen LogP contribution in [0.1, 0.15) is 15.9 Å². The first-order valence-electron chi connectivity index (χ1n) is 12.2. The number of hydrogen-bond acceptors (Lipinski definition) is 8. The molecule has 218 valence electrons. The van der Waals surface area contributed by atoms with Crippen molar-refractivity contribution < 1.29 is 38.0 Å². The van der Waals surface area contributed by atoms with E-state index in [0.717, 1.165) is 30.3 Å². The number of hydrogen-bond donors (Lipinski definition) is 4. The molecule has 0 spiro atoms. The molecule has 0 fully saturated rings. The molecule has 0 amide bonds. The summed E-state index contributed by atoms with van der Waals surface area (Å²) in [5.74, 6) is -7.59. The summed E-state index contributed by atoms with van der Waals surface area (Å²) in [6.45, 7) is 0. The standard InChI is InChI=1S/C29H20ClF2N5O6/c1-37-10-9-35-26(37)15-3-2-4-17(11-15)41-27-22(31)24(42-20-8-6-16(29(39)40)12-18(20)30)23(32)28(36-27)43-21-13-14(25(33)34)5-7-19(21)38/h2-13,38H,1H3,(H3,33,34)(H,39,40). The summed E-state index contributed by atoms with van der Waals surface area (Å²) in [5.41, 5.74) is 6.08. The molecule has 11 nitrogen and oxygen atoms in total. The first-order chi connectivity index (χ1) is 20.5. The highest BCUT2D eigenvalue weighted by Gasteiger charge is 2.27. The molecule has 0 aliphatic heterocycles. The van der Waals surface area contributed by atoms with Crippen LogP contribution in [0.3, 0.4) is 0 Å². The van der Waals surface area contributed by atoms with Crippen molar-refractivity contribution in [2.24, 2.45) is 12.8 Å². The zero-order chi connectivity index (χ0) is 30.8. The third kappa shape index (κ3) is 6.01. The molecule has 2 heterocycles. The molecule has 0 atom stereocenters. The lowest BCUT2D eigenvalue weighted by Gasteiger charge is -2.16. The van der Waals surface area contributed by atoms with Crippen molar-refractivity contribution in [2.75, 3.05) is 0 Å². The van der Waals surface area contributed by atoms with E-state index in [1.165, 1.54) is 12.1 Å². The van der Waals surface area contributed by atoms with Gasteiger partial charge in [-0.3, -0.25) is 5.41 Å². The lowest BCUT2D eigenvalue weighted by atomic mass is 10.2. The van der Waals surface area contributed by atoms with Crippen molar-refractivity contribution in [3.63, 3.8) is 0 Å². The smallest absolute Gasteiger partial charge is 0.335 e. The number of halogens is 3. The van der Waals surface area contributed by atoms with Crippen LogP contribution in [0.25, 0.3) is 11.4 Å². The second kappa shape index (κ2) is 11.7. The summed E-state index contributed by atoms with van der Waals surface area (Å²) in [4.78, 5) is 19.4. The largest absolute Gasteiger partial charge is 0.504 e. The predicted octanol–water partition coefficient (Wildman–Crippen LogP) is 6.48. The molecule has 3 aromatic carbocycles. The van der Waals surface area contributed by atoms with E-state index in [1.807, 2.05) is 0 Å². The van der Waals surface area contributed by atoms with Crippen LogP contribution in [0, 0.1) is 17.0 Å². The van der Waals surface area contributed by atoms with Crippen molar-refractivity contribution in [3.8, 4) is 51.9 Å². The molecule has 2 aromatic heterocycles. The maximum Gasteiger partial charge on any atom is 0.335 e. The Bertz CT molecular complexity index is 1900. The van der Waals surface area contributed by atoms with E-state index in [1.54, 1.807) is 42.2 Å². The minimum Gasteiger partial charge on any atom is -0.504 e. The van der Waals surface area contributed by atoms with Gasteiger partial charge < -0.3 is 34.7 Å². The van der Waals surface area contributed by atoms with Crippen molar-refractivity contribution in [3.05, 3.63) is 101 Å². The third-order valence-corrected chi connectivity index (χ3v) is 6.27. The molecule has 5 rings (SSSR count). The lowest BCUT2D eigenvalue weighted by Crippen LogP contribution is -2.11. The number of rotatable bonds is 9. The van der Waals surface area contributed by atoms with Crippen LogP contribution in [0.15, 0.2) is 73.1 Å². The van der Waals surface area contributed by atoms with Crippen LogP contribution in [-0.2, 0) is 7.05 Å². The molecule has 0 bridgehead atoms. The van der Waals surface area contributed by atoms with Gasteiger partial charge in [0.25, 0.3) is 11.8 Å². The van der Waals surface area contributed by atoms with E-state index in [2.05, 4.69) is 9.97 Å².